The van der Waals surface area contributed by atoms with E-state index in [0.717, 1.165) is 0 Å². The van der Waals surface area contributed by atoms with Crippen LogP contribution in [0, 0.1) is 6.92 Å². The molecule has 7 aromatic rings. The molecular formula is C37H26S. The second-order valence-corrected chi connectivity index (χ2v) is 10.9. The summed E-state index contributed by atoms with van der Waals surface area (Å²) >= 11 is 1.91. The van der Waals surface area contributed by atoms with Gasteiger partial charge in [0.05, 0.1) is 0 Å². The zero-order valence-electron chi connectivity index (χ0n) is 21.2. The van der Waals surface area contributed by atoms with Gasteiger partial charge >= 0.3 is 0 Å². The Kier molecular flexibility index (Phi) is 5.65. The fraction of sp³-hybridized carbons (Fsp3) is 0.0270. The van der Waals surface area contributed by atoms with Gasteiger partial charge in [0, 0.05) is 20.2 Å². The largest absolute Gasteiger partial charge is 0.134 e. The summed E-state index contributed by atoms with van der Waals surface area (Å²) in [6.45, 7) is 2.16. The lowest BCUT2D eigenvalue weighted by atomic mass is 9.96. The van der Waals surface area contributed by atoms with E-state index in [1.165, 1.54) is 70.2 Å². The molecule has 0 aliphatic carbocycles. The number of hydrogen-bond donors (Lipinski definition) is 0. The number of thiophene rings is 1. The van der Waals surface area contributed by atoms with Gasteiger partial charge in [0.25, 0.3) is 0 Å². The average Bonchev–Trinajstić information content (AvgIpc) is 3.37. The maximum atomic E-state index is 2.33. The molecule has 7 rings (SSSR count). The number of fused-ring (bicyclic) bond motifs is 3. The lowest BCUT2D eigenvalue weighted by molar-refractivity contribution is 1.47. The first kappa shape index (κ1) is 22.7. The highest BCUT2D eigenvalue weighted by Gasteiger charge is 2.14. The number of rotatable bonds is 4. The van der Waals surface area contributed by atoms with Gasteiger partial charge in [0.1, 0.15) is 0 Å². The molecule has 0 fully saturated rings. The van der Waals surface area contributed by atoms with Gasteiger partial charge in [-0.05, 0) is 57.5 Å². The normalized spacial score (nSPS) is 11.3. The van der Waals surface area contributed by atoms with E-state index in [1.54, 1.807) is 0 Å². The first-order valence-electron chi connectivity index (χ1n) is 13.0. The Morgan fingerprint density at radius 3 is 1.47 bits per heavy atom. The Morgan fingerprint density at radius 2 is 0.842 bits per heavy atom. The predicted octanol–water partition coefficient (Wildman–Crippen LogP) is 11.0. The Bertz CT molecular complexity index is 1910. The minimum atomic E-state index is 1.23. The average molecular weight is 503 g/mol. The molecule has 0 saturated heterocycles. The van der Waals surface area contributed by atoms with E-state index < -0.39 is 0 Å². The summed E-state index contributed by atoms with van der Waals surface area (Å²) in [6, 6.07) is 50.7. The lowest BCUT2D eigenvalue weighted by Gasteiger charge is -2.08. The summed E-state index contributed by atoms with van der Waals surface area (Å²) in [7, 11) is 0. The third kappa shape index (κ3) is 4.02. The molecule has 6 aromatic carbocycles. The minimum absolute atomic E-state index is 1.23. The summed E-state index contributed by atoms with van der Waals surface area (Å²) in [5.41, 5.74) is 11.4. The quantitative estimate of drug-likeness (QED) is 0.224. The van der Waals surface area contributed by atoms with Crippen molar-refractivity contribution in [3.05, 3.63) is 145 Å². The van der Waals surface area contributed by atoms with Gasteiger partial charge in [0.2, 0.25) is 0 Å². The van der Waals surface area contributed by atoms with Crippen LogP contribution < -0.4 is 0 Å². The summed E-state index contributed by atoms with van der Waals surface area (Å²) in [5, 5.41) is 2.66. The Labute approximate surface area is 227 Å². The molecule has 180 valence electrons. The number of aryl methyl sites for hydroxylation is 1. The van der Waals surface area contributed by atoms with Gasteiger partial charge < -0.3 is 0 Å². The molecule has 0 aliphatic rings. The highest BCUT2D eigenvalue weighted by Crippen LogP contribution is 2.44. The summed E-state index contributed by atoms with van der Waals surface area (Å²) in [5.74, 6) is 0. The third-order valence-electron chi connectivity index (χ3n) is 7.35. The van der Waals surface area contributed by atoms with E-state index in [-0.39, 0.29) is 0 Å². The van der Waals surface area contributed by atoms with E-state index in [9.17, 15) is 0 Å². The van der Waals surface area contributed by atoms with Crippen molar-refractivity contribution in [3.63, 3.8) is 0 Å². The molecule has 0 unspecified atom stereocenters. The Morgan fingerprint density at radius 1 is 0.368 bits per heavy atom. The van der Waals surface area contributed by atoms with E-state index in [4.69, 9.17) is 0 Å². The Balaban J connectivity index is 1.32. The number of benzene rings is 6. The van der Waals surface area contributed by atoms with Crippen LogP contribution in [0.15, 0.2) is 140 Å². The molecular weight excluding hydrogens is 476 g/mol. The van der Waals surface area contributed by atoms with Crippen molar-refractivity contribution >= 4 is 31.5 Å². The van der Waals surface area contributed by atoms with Gasteiger partial charge in [-0.15, -0.1) is 11.3 Å². The topological polar surface area (TPSA) is 0 Å². The molecule has 38 heavy (non-hydrogen) atoms. The van der Waals surface area contributed by atoms with Crippen molar-refractivity contribution in [1.29, 1.82) is 0 Å². The lowest BCUT2D eigenvalue weighted by Crippen LogP contribution is -1.83. The van der Waals surface area contributed by atoms with Crippen molar-refractivity contribution in [1.82, 2.24) is 0 Å². The zero-order valence-corrected chi connectivity index (χ0v) is 22.0. The summed E-state index contributed by atoms with van der Waals surface area (Å²) in [4.78, 5) is 0. The molecule has 0 bridgehead atoms. The van der Waals surface area contributed by atoms with Crippen LogP contribution in [0.5, 0.6) is 0 Å². The van der Waals surface area contributed by atoms with Crippen molar-refractivity contribution in [2.24, 2.45) is 0 Å². The Hall–Kier alpha value is -4.46. The van der Waals surface area contributed by atoms with Crippen LogP contribution in [0.3, 0.4) is 0 Å². The van der Waals surface area contributed by atoms with E-state index in [0.29, 0.717) is 0 Å². The fourth-order valence-corrected chi connectivity index (χ4v) is 6.81. The smallest absolute Gasteiger partial charge is 0.0434 e. The van der Waals surface area contributed by atoms with E-state index >= 15 is 0 Å². The first-order valence-corrected chi connectivity index (χ1v) is 13.8. The highest BCUT2D eigenvalue weighted by molar-refractivity contribution is 7.26. The third-order valence-corrected chi connectivity index (χ3v) is 8.64. The van der Waals surface area contributed by atoms with Gasteiger partial charge in [-0.2, -0.15) is 0 Å². The van der Waals surface area contributed by atoms with Gasteiger partial charge in [-0.1, -0.05) is 139 Å². The molecule has 0 aliphatic heterocycles. The second-order valence-electron chi connectivity index (χ2n) is 9.86. The van der Waals surface area contributed by atoms with Crippen LogP contribution in [0.25, 0.3) is 64.7 Å². The molecule has 0 spiro atoms. The monoisotopic (exact) mass is 502 g/mol. The van der Waals surface area contributed by atoms with Crippen LogP contribution in [0.2, 0.25) is 0 Å². The van der Waals surface area contributed by atoms with Crippen LogP contribution in [0.1, 0.15) is 5.56 Å². The molecule has 1 aromatic heterocycles. The van der Waals surface area contributed by atoms with Crippen molar-refractivity contribution in [2.45, 2.75) is 6.92 Å². The predicted molar refractivity (Wildman–Crippen MR) is 166 cm³/mol. The molecule has 0 atom stereocenters. The van der Waals surface area contributed by atoms with Gasteiger partial charge in [-0.25, -0.2) is 0 Å². The first-order chi connectivity index (χ1) is 18.7. The standard InChI is InChI=1S/C37H26S/c1-25-9-5-13-30(23-25)32-15-7-17-34-35-18-8-16-33(37(35)38-36(32)34)31-14-6-12-29(24-31)28-21-19-27(20-22-28)26-10-3-2-4-11-26/h2-24H,1H3. The fourth-order valence-electron chi connectivity index (χ4n) is 5.44. The molecule has 1 heteroatoms. The van der Waals surface area contributed by atoms with Crippen LogP contribution in [-0.4, -0.2) is 0 Å². The van der Waals surface area contributed by atoms with Crippen LogP contribution in [-0.2, 0) is 0 Å². The van der Waals surface area contributed by atoms with E-state index in [1.807, 2.05) is 11.3 Å². The highest BCUT2D eigenvalue weighted by atomic mass is 32.1. The molecule has 1 heterocycles. The maximum Gasteiger partial charge on any atom is 0.0434 e. The summed E-state index contributed by atoms with van der Waals surface area (Å²) in [6.07, 6.45) is 0. The van der Waals surface area contributed by atoms with Crippen LogP contribution in [0.4, 0.5) is 0 Å². The summed E-state index contributed by atoms with van der Waals surface area (Å²) < 4.78 is 2.70. The van der Waals surface area contributed by atoms with Crippen molar-refractivity contribution < 1.29 is 0 Å². The van der Waals surface area contributed by atoms with E-state index in [2.05, 4.69) is 146 Å². The number of hydrogen-bond acceptors (Lipinski definition) is 1. The second kappa shape index (κ2) is 9.45. The zero-order chi connectivity index (χ0) is 25.5. The van der Waals surface area contributed by atoms with Crippen molar-refractivity contribution in [3.8, 4) is 44.5 Å². The van der Waals surface area contributed by atoms with Crippen LogP contribution >= 0.6 is 11.3 Å². The van der Waals surface area contributed by atoms with Gasteiger partial charge in [-0.3, -0.25) is 0 Å². The molecule has 0 amide bonds. The minimum Gasteiger partial charge on any atom is -0.134 e. The maximum absolute atomic E-state index is 2.33. The molecule has 0 radical (unpaired) electrons. The van der Waals surface area contributed by atoms with Crippen molar-refractivity contribution in [2.75, 3.05) is 0 Å². The SMILES string of the molecule is Cc1cccc(-c2cccc3c2sc2c(-c4cccc(-c5ccc(-c6ccccc6)cc5)c4)cccc23)c1. The van der Waals surface area contributed by atoms with Gasteiger partial charge in [0.15, 0.2) is 0 Å². The molecule has 0 saturated carbocycles. The molecule has 0 nitrogen and oxygen atoms in total. The molecule has 0 N–H and O–H groups in total.